The summed E-state index contributed by atoms with van der Waals surface area (Å²) in [5.74, 6) is 4.80. The summed E-state index contributed by atoms with van der Waals surface area (Å²) < 4.78 is 10.4. The van der Waals surface area contributed by atoms with Gasteiger partial charge in [0.15, 0.2) is 0 Å². The van der Waals surface area contributed by atoms with Crippen LogP contribution in [0.3, 0.4) is 0 Å². The molecule has 0 saturated heterocycles. The highest BCUT2D eigenvalue weighted by Gasteiger charge is 1.98. The SMILES string of the molecule is C#CCOCc1cccc(COCC#C)n1. The molecule has 1 aromatic rings. The predicted octanol–water partition coefficient (Wildman–Crippen LogP) is 1.38. The van der Waals surface area contributed by atoms with Crippen molar-refractivity contribution in [2.75, 3.05) is 13.2 Å². The normalized spacial score (nSPS) is 9.38. The fraction of sp³-hybridized carbons (Fsp3) is 0.308. The molecule has 0 aliphatic heterocycles. The van der Waals surface area contributed by atoms with Crippen LogP contribution in [0.15, 0.2) is 18.2 Å². The van der Waals surface area contributed by atoms with Crippen LogP contribution in [0.25, 0.3) is 0 Å². The average molecular weight is 215 g/mol. The van der Waals surface area contributed by atoms with E-state index in [0.29, 0.717) is 26.4 Å². The maximum absolute atomic E-state index is 5.18. The minimum absolute atomic E-state index is 0.291. The number of nitrogens with zero attached hydrogens (tertiary/aromatic N) is 1. The molecule has 3 heteroatoms. The largest absolute Gasteiger partial charge is 0.363 e. The van der Waals surface area contributed by atoms with Gasteiger partial charge in [-0.3, -0.25) is 4.98 Å². The molecular formula is C13H13NO2. The number of terminal acetylenes is 2. The molecule has 0 radical (unpaired) electrons. The van der Waals surface area contributed by atoms with E-state index >= 15 is 0 Å². The fourth-order valence-corrected chi connectivity index (χ4v) is 1.12. The Morgan fingerprint density at radius 2 is 1.50 bits per heavy atom. The first-order chi connectivity index (χ1) is 7.86. The van der Waals surface area contributed by atoms with Crippen LogP contribution in [0.5, 0.6) is 0 Å². The molecule has 0 spiro atoms. The van der Waals surface area contributed by atoms with Crippen molar-refractivity contribution in [3.63, 3.8) is 0 Å². The Morgan fingerprint density at radius 1 is 1.00 bits per heavy atom. The molecule has 1 rings (SSSR count). The summed E-state index contributed by atoms with van der Waals surface area (Å²) in [6.45, 7) is 1.40. The third-order valence-electron chi connectivity index (χ3n) is 1.74. The Balaban J connectivity index is 2.45. The summed E-state index contributed by atoms with van der Waals surface area (Å²) in [5.41, 5.74) is 1.66. The molecule has 3 nitrogen and oxygen atoms in total. The van der Waals surface area contributed by atoms with Gasteiger partial charge in [-0.25, -0.2) is 0 Å². The molecule has 0 unspecified atom stereocenters. The van der Waals surface area contributed by atoms with Crippen molar-refractivity contribution in [1.82, 2.24) is 4.98 Å². The minimum atomic E-state index is 0.291. The highest BCUT2D eigenvalue weighted by molar-refractivity contribution is 5.10. The zero-order chi connectivity index (χ0) is 11.6. The van der Waals surface area contributed by atoms with Crippen molar-refractivity contribution in [1.29, 1.82) is 0 Å². The van der Waals surface area contributed by atoms with Crippen LogP contribution in [0.2, 0.25) is 0 Å². The molecule has 0 fully saturated rings. The lowest BCUT2D eigenvalue weighted by Crippen LogP contribution is -2.01. The Hall–Kier alpha value is -1.81. The van der Waals surface area contributed by atoms with Gasteiger partial charge in [-0.05, 0) is 12.1 Å². The summed E-state index contributed by atoms with van der Waals surface area (Å²) in [4.78, 5) is 4.33. The molecule has 0 aliphatic rings. The van der Waals surface area contributed by atoms with Crippen LogP contribution in [0, 0.1) is 24.7 Å². The van der Waals surface area contributed by atoms with Crippen molar-refractivity contribution in [3.05, 3.63) is 29.6 Å². The van der Waals surface area contributed by atoms with Crippen molar-refractivity contribution >= 4 is 0 Å². The number of hydrogen-bond donors (Lipinski definition) is 0. The third-order valence-corrected chi connectivity index (χ3v) is 1.74. The van der Waals surface area contributed by atoms with Gasteiger partial charge < -0.3 is 9.47 Å². The highest BCUT2D eigenvalue weighted by atomic mass is 16.5. The van der Waals surface area contributed by atoms with Crippen molar-refractivity contribution in [2.45, 2.75) is 13.2 Å². The standard InChI is InChI=1S/C13H13NO2/c1-3-8-15-10-12-6-5-7-13(14-12)11-16-9-4-2/h1-2,5-7H,8-11H2. The van der Waals surface area contributed by atoms with Gasteiger partial charge in [-0.15, -0.1) is 12.8 Å². The molecule has 0 aliphatic carbocycles. The summed E-state index contributed by atoms with van der Waals surface area (Å²) in [7, 11) is 0. The summed E-state index contributed by atoms with van der Waals surface area (Å²) in [6, 6.07) is 5.65. The smallest absolute Gasteiger partial charge is 0.107 e. The lowest BCUT2D eigenvalue weighted by atomic mass is 10.3. The van der Waals surface area contributed by atoms with E-state index in [1.165, 1.54) is 0 Å². The van der Waals surface area contributed by atoms with Crippen LogP contribution in [0.4, 0.5) is 0 Å². The van der Waals surface area contributed by atoms with Crippen molar-refractivity contribution in [3.8, 4) is 24.7 Å². The Bertz CT molecular complexity index is 366. The van der Waals surface area contributed by atoms with Crippen LogP contribution < -0.4 is 0 Å². The van der Waals surface area contributed by atoms with Crippen LogP contribution in [-0.2, 0) is 22.7 Å². The minimum Gasteiger partial charge on any atom is -0.363 e. The van der Waals surface area contributed by atoms with Crippen LogP contribution >= 0.6 is 0 Å². The molecule has 1 heterocycles. The number of ether oxygens (including phenoxy) is 2. The zero-order valence-corrected chi connectivity index (χ0v) is 8.98. The summed E-state index contributed by atoms with van der Waals surface area (Å²) in [6.07, 6.45) is 10.1. The van der Waals surface area contributed by atoms with Gasteiger partial charge >= 0.3 is 0 Å². The quantitative estimate of drug-likeness (QED) is 0.530. The van der Waals surface area contributed by atoms with Gasteiger partial charge in [0.1, 0.15) is 13.2 Å². The van der Waals surface area contributed by atoms with E-state index < -0.39 is 0 Å². The first-order valence-electron chi connectivity index (χ1n) is 4.84. The maximum Gasteiger partial charge on any atom is 0.107 e. The van der Waals surface area contributed by atoms with Gasteiger partial charge in [-0.1, -0.05) is 17.9 Å². The molecule has 82 valence electrons. The molecule has 0 N–H and O–H groups in total. The first kappa shape index (κ1) is 12.3. The average Bonchev–Trinajstić information content (AvgIpc) is 2.30. The van der Waals surface area contributed by atoms with Gasteiger partial charge in [0, 0.05) is 0 Å². The Labute approximate surface area is 95.8 Å². The number of aromatic nitrogens is 1. The molecule has 16 heavy (non-hydrogen) atoms. The first-order valence-corrected chi connectivity index (χ1v) is 4.84. The van der Waals surface area contributed by atoms with E-state index in [1.807, 2.05) is 18.2 Å². The second kappa shape index (κ2) is 7.48. The molecule has 0 bridgehead atoms. The summed E-state index contributed by atoms with van der Waals surface area (Å²) >= 11 is 0. The van der Waals surface area contributed by atoms with Crippen molar-refractivity contribution < 1.29 is 9.47 Å². The predicted molar refractivity (Wildman–Crippen MR) is 61.2 cm³/mol. The second-order valence-corrected chi connectivity index (χ2v) is 3.01. The van der Waals surface area contributed by atoms with Crippen LogP contribution in [-0.4, -0.2) is 18.2 Å². The highest BCUT2D eigenvalue weighted by Crippen LogP contribution is 2.02. The van der Waals surface area contributed by atoms with Crippen LogP contribution in [0.1, 0.15) is 11.4 Å². The fourth-order valence-electron chi connectivity index (χ4n) is 1.12. The van der Waals surface area contributed by atoms with Gasteiger partial charge in [0.25, 0.3) is 0 Å². The molecule has 0 aromatic carbocycles. The van der Waals surface area contributed by atoms with E-state index in [9.17, 15) is 0 Å². The van der Waals surface area contributed by atoms with Gasteiger partial charge in [0.05, 0.1) is 24.6 Å². The van der Waals surface area contributed by atoms with E-state index in [4.69, 9.17) is 22.3 Å². The Kier molecular flexibility index (Phi) is 5.73. The number of hydrogen-bond acceptors (Lipinski definition) is 3. The van der Waals surface area contributed by atoms with Crippen molar-refractivity contribution in [2.24, 2.45) is 0 Å². The number of rotatable bonds is 6. The number of pyridine rings is 1. The van der Waals surface area contributed by atoms with E-state index in [1.54, 1.807) is 0 Å². The molecule has 0 atom stereocenters. The molecule has 1 aromatic heterocycles. The lowest BCUT2D eigenvalue weighted by Gasteiger charge is -2.04. The topological polar surface area (TPSA) is 31.4 Å². The molecular weight excluding hydrogens is 202 g/mol. The van der Waals surface area contributed by atoms with Gasteiger partial charge in [0.2, 0.25) is 0 Å². The maximum atomic E-state index is 5.18. The monoisotopic (exact) mass is 215 g/mol. The third kappa shape index (κ3) is 4.61. The summed E-state index contributed by atoms with van der Waals surface area (Å²) in [5, 5.41) is 0. The Morgan fingerprint density at radius 3 is 1.94 bits per heavy atom. The van der Waals surface area contributed by atoms with E-state index in [2.05, 4.69) is 16.8 Å². The lowest BCUT2D eigenvalue weighted by molar-refractivity contribution is 0.143. The van der Waals surface area contributed by atoms with Gasteiger partial charge in [-0.2, -0.15) is 0 Å². The second-order valence-electron chi connectivity index (χ2n) is 3.01. The van der Waals surface area contributed by atoms with E-state index in [0.717, 1.165) is 11.4 Å². The zero-order valence-electron chi connectivity index (χ0n) is 8.98. The molecule has 0 saturated carbocycles. The molecule has 0 amide bonds. The van der Waals surface area contributed by atoms with E-state index in [-0.39, 0.29) is 0 Å².